The summed E-state index contributed by atoms with van der Waals surface area (Å²) in [5.41, 5.74) is 3.60. The predicted molar refractivity (Wildman–Crippen MR) is 111 cm³/mol. The third-order valence-electron chi connectivity index (χ3n) is 4.75. The van der Waals surface area contributed by atoms with Crippen LogP contribution in [-0.4, -0.2) is 56.9 Å². The summed E-state index contributed by atoms with van der Waals surface area (Å²) in [5, 5.41) is 3.19. The van der Waals surface area contributed by atoms with Crippen LogP contribution in [0.15, 0.2) is 48.9 Å². The van der Waals surface area contributed by atoms with Crippen LogP contribution in [0, 0.1) is 13.8 Å². The van der Waals surface area contributed by atoms with Crippen molar-refractivity contribution in [1.29, 1.82) is 0 Å². The van der Waals surface area contributed by atoms with Gasteiger partial charge in [-0.1, -0.05) is 6.07 Å². The molecule has 0 atom stereocenters. The molecule has 0 radical (unpaired) electrons. The minimum Gasteiger partial charge on any atom is -0.337 e. The first kappa shape index (κ1) is 18.8. The number of benzene rings is 1. The first-order valence-electron chi connectivity index (χ1n) is 9.58. The Kier molecular flexibility index (Phi) is 5.33. The Hall–Kier alpha value is -3.55. The molecule has 0 saturated carbocycles. The van der Waals surface area contributed by atoms with Crippen LogP contribution in [-0.2, 0) is 0 Å². The van der Waals surface area contributed by atoms with Crippen molar-refractivity contribution in [3.63, 3.8) is 0 Å². The van der Waals surface area contributed by atoms with Gasteiger partial charge in [0, 0.05) is 50.5 Å². The average Bonchev–Trinajstić information content (AvgIpc) is 2.73. The van der Waals surface area contributed by atoms with Crippen molar-refractivity contribution in [2.45, 2.75) is 13.8 Å². The third kappa shape index (κ3) is 4.48. The van der Waals surface area contributed by atoms with Crippen molar-refractivity contribution in [3.8, 4) is 0 Å². The minimum absolute atomic E-state index is 0.0931. The number of piperazine rings is 1. The maximum Gasteiger partial charge on any atom is 0.272 e. The second-order valence-electron chi connectivity index (χ2n) is 7.09. The summed E-state index contributed by atoms with van der Waals surface area (Å²) in [6.07, 6.45) is 5.06. The first-order valence-corrected chi connectivity index (χ1v) is 9.58. The second kappa shape index (κ2) is 8.22. The summed E-state index contributed by atoms with van der Waals surface area (Å²) in [6.45, 7) is 6.66. The molecular formula is C21H23N7O. The number of amides is 1. The lowest BCUT2D eigenvalue weighted by Gasteiger charge is -2.34. The van der Waals surface area contributed by atoms with E-state index in [1.165, 1.54) is 0 Å². The molecule has 1 aromatic carbocycles. The van der Waals surface area contributed by atoms with Gasteiger partial charge in [0.15, 0.2) is 0 Å². The van der Waals surface area contributed by atoms with E-state index in [1.54, 1.807) is 30.7 Å². The van der Waals surface area contributed by atoms with E-state index >= 15 is 0 Å². The summed E-state index contributed by atoms with van der Waals surface area (Å²) in [5.74, 6) is 1.02. The van der Waals surface area contributed by atoms with Crippen molar-refractivity contribution in [2.75, 3.05) is 36.4 Å². The van der Waals surface area contributed by atoms with Crippen LogP contribution in [0.3, 0.4) is 0 Å². The Morgan fingerprint density at radius 2 is 1.62 bits per heavy atom. The lowest BCUT2D eigenvalue weighted by Crippen LogP contribution is -2.49. The minimum atomic E-state index is -0.0931. The van der Waals surface area contributed by atoms with E-state index < -0.39 is 0 Å². The van der Waals surface area contributed by atoms with Gasteiger partial charge in [-0.3, -0.25) is 4.79 Å². The highest BCUT2D eigenvalue weighted by atomic mass is 16.2. The molecule has 1 aliphatic rings. The monoisotopic (exact) mass is 389 g/mol. The van der Waals surface area contributed by atoms with Crippen molar-refractivity contribution in [1.82, 2.24) is 24.8 Å². The summed E-state index contributed by atoms with van der Waals surface area (Å²) in [6, 6.07) is 9.60. The molecule has 1 aliphatic heterocycles. The summed E-state index contributed by atoms with van der Waals surface area (Å²) < 4.78 is 0. The molecule has 3 heterocycles. The molecule has 0 spiro atoms. The van der Waals surface area contributed by atoms with Gasteiger partial charge in [0.2, 0.25) is 11.9 Å². The SMILES string of the molecule is Cc1cc(C)cc(Nc2nccc(C(=O)N3CCN(c4ncccn4)CC3)n2)c1. The molecule has 1 fully saturated rings. The molecule has 0 aliphatic carbocycles. The maximum atomic E-state index is 12.9. The number of anilines is 3. The van der Waals surface area contributed by atoms with Crippen molar-refractivity contribution >= 4 is 23.5 Å². The maximum absolute atomic E-state index is 12.9. The first-order chi connectivity index (χ1) is 14.1. The van der Waals surface area contributed by atoms with Crippen LogP contribution < -0.4 is 10.2 Å². The quantitative estimate of drug-likeness (QED) is 0.734. The third-order valence-corrected chi connectivity index (χ3v) is 4.75. The smallest absolute Gasteiger partial charge is 0.272 e. The summed E-state index contributed by atoms with van der Waals surface area (Å²) >= 11 is 0. The van der Waals surface area contributed by atoms with Crippen LogP contribution in [0.1, 0.15) is 21.6 Å². The van der Waals surface area contributed by atoms with Gasteiger partial charge in [-0.15, -0.1) is 0 Å². The molecule has 1 saturated heterocycles. The van der Waals surface area contributed by atoms with E-state index in [4.69, 9.17) is 0 Å². The molecule has 3 aromatic rings. The average molecular weight is 389 g/mol. The van der Waals surface area contributed by atoms with Crippen molar-refractivity contribution in [2.24, 2.45) is 0 Å². The van der Waals surface area contributed by atoms with Crippen molar-refractivity contribution in [3.05, 3.63) is 65.7 Å². The highest BCUT2D eigenvalue weighted by molar-refractivity contribution is 5.92. The highest BCUT2D eigenvalue weighted by Gasteiger charge is 2.24. The van der Waals surface area contributed by atoms with Gasteiger partial charge in [-0.05, 0) is 49.2 Å². The lowest BCUT2D eigenvalue weighted by molar-refractivity contribution is 0.0740. The Balaban J connectivity index is 1.42. The van der Waals surface area contributed by atoms with E-state index in [1.807, 2.05) is 30.9 Å². The molecule has 8 heteroatoms. The Morgan fingerprint density at radius 1 is 0.931 bits per heavy atom. The lowest BCUT2D eigenvalue weighted by atomic mass is 10.1. The van der Waals surface area contributed by atoms with Gasteiger partial charge in [0.25, 0.3) is 5.91 Å². The molecule has 1 amide bonds. The molecule has 1 N–H and O–H groups in total. The highest BCUT2D eigenvalue weighted by Crippen LogP contribution is 2.18. The van der Waals surface area contributed by atoms with Crippen molar-refractivity contribution < 1.29 is 4.79 Å². The van der Waals surface area contributed by atoms with Gasteiger partial charge < -0.3 is 15.1 Å². The molecule has 8 nitrogen and oxygen atoms in total. The number of aromatic nitrogens is 4. The standard InChI is InChI=1S/C21H23N7O/c1-15-12-16(2)14-17(13-15)25-20-22-7-4-18(26-20)19(29)27-8-10-28(11-9-27)21-23-5-3-6-24-21/h3-7,12-14H,8-11H2,1-2H3,(H,22,25,26). The fraction of sp³-hybridized carbons (Fsp3) is 0.286. The number of rotatable bonds is 4. The van der Waals surface area contributed by atoms with Crippen LogP contribution >= 0.6 is 0 Å². The zero-order valence-corrected chi connectivity index (χ0v) is 16.5. The topological polar surface area (TPSA) is 87.1 Å². The summed E-state index contributed by atoms with van der Waals surface area (Å²) in [7, 11) is 0. The molecule has 2 aromatic heterocycles. The fourth-order valence-corrected chi connectivity index (χ4v) is 3.44. The number of hydrogen-bond acceptors (Lipinski definition) is 7. The zero-order valence-electron chi connectivity index (χ0n) is 16.5. The van der Waals surface area contributed by atoms with E-state index in [0.717, 1.165) is 16.8 Å². The number of carbonyl (C=O) groups is 1. The normalized spacial score (nSPS) is 14.0. The number of aryl methyl sites for hydroxylation is 2. The van der Waals surface area contributed by atoms with E-state index in [9.17, 15) is 4.79 Å². The van der Waals surface area contributed by atoms with E-state index in [2.05, 4.69) is 36.2 Å². The van der Waals surface area contributed by atoms with Crippen LogP contribution in [0.5, 0.6) is 0 Å². The fourth-order valence-electron chi connectivity index (χ4n) is 3.44. The number of nitrogens with one attached hydrogen (secondary N) is 1. The van der Waals surface area contributed by atoms with E-state index in [0.29, 0.717) is 43.8 Å². The largest absolute Gasteiger partial charge is 0.337 e. The Bertz CT molecular complexity index is 981. The molecular weight excluding hydrogens is 366 g/mol. The van der Waals surface area contributed by atoms with Crippen LogP contribution in [0.4, 0.5) is 17.6 Å². The molecule has 4 rings (SSSR count). The Labute approximate surface area is 169 Å². The van der Waals surface area contributed by atoms with Gasteiger partial charge in [-0.25, -0.2) is 19.9 Å². The number of hydrogen-bond donors (Lipinski definition) is 1. The second-order valence-corrected chi connectivity index (χ2v) is 7.09. The van der Waals surface area contributed by atoms with Crippen LogP contribution in [0.25, 0.3) is 0 Å². The zero-order chi connectivity index (χ0) is 20.2. The molecule has 0 bridgehead atoms. The van der Waals surface area contributed by atoms with Crippen LogP contribution in [0.2, 0.25) is 0 Å². The predicted octanol–water partition coefficient (Wildman–Crippen LogP) is 2.59. The van der Waals surface area contributed by atoms with Gasteiger partial charge in [0.05, 0.1) is 0 Å². The van der Waals surface area contributed by atoms with Gasteiger partial charge in [-0.2, -0.15) is 0 Å². The number of nitrogens with zero attached hydrogens (tertiary/aromatic N) is 6. The molecule has 148 valence electrons. The molecule has 0 unspecified atom stereocenters. The number of carbonyl (C=O) groups excluding carboxylic acids is 1. The summed E-state index contributed by atoms with van der Waals surface area (Å²) in [4.78, 5) is 34.0. The van der Waals surface area contributed by atoms with Gasteiger partial charge >= 0.3 is 0 Å². The van der Waals surface area contributed by atoms with Gasteiger partial charge in [0.1, 0.15) is 5.69 Å². The van der Waals surface area contributed by atoms with E-state index in [-0.39, 0.29) is 5.91 Å². The molecule has 29 heavy (non-hydrogen) atoms. The Morgan fingerprint density at radius 3 is 2.31 bits per heavy atom.